The molecule has 3 aromatic carbocycles. The second-order valence-electron chi connectivity index (χ2n) is 6.44. The van der Waals surface area contributed by atoms with Gasteiger partial charge < -0.3 is 10.2 Å². The van der Waals surface area contributed by atoms with Crippen LogP contribution in [0.3, 0.4) is 0 Å². The van der Waals surface area contributed by atoms with Crippen molar-refractivity contribution in [1.29, 1.82) is 0 Å². The van der Waals surface area contributed by atoms with E-state index in [9.17, 15) is 23.4 Å². The molecule has 0 unspecified atom stereocenters. The number of carbonyl (C=O) groups is 1. The molecule has 6 nitrogen and oxygen atoms in total. The van der Waals surface area contributed by atoms with Gasteiger partial charge in [0.1, 0.15) is 11.5 Å². The number of phenols is 2. The van der Waals surface area contributed by atoms with Crippen LogP contribution in [0.25, 0.3) is 6.08 Å². The van der Waals surface area contributed by atoms with Crippen LogP contribution in [0, 0.1) is 6.92 Å². The number of aryl methyl sites for hydroxylation is 1. The molecular formula is C22H19NO5S. The van der Waals surface area contributed by atoms with E-state index >= 15 is 0 Å². The number of phenolic OH excluding ortho intramolecular Hbond substituents is 2. The minimum Gasteiger partial charge on any atom is -0.508 e. The van der Waals surface area contributed by atoms with E-state index in [2.05, 4.69) is 4.72 Å². The van der Waals surface area contributed by atoms with Gasteiger partial charge in [0.2, 0.25) is 0 Å². The summed E-state index contributed by atoms with van der Waals surface area (Å²) in [5.74, 6) is -0.423. The van der Waals surface area contributed by atoms with Crippen molar-refractivity contribution in [3.8, 4) is 11.5 Å². The number of benzene rings is 3. The number of allylic oxidation sites excluding steroid dienone is 1. The first kappa shape index (κ1) is 20.2. The third-order valence-corrected chi connectivity index (χ3v) is 5.58. The molecule has 0 atom stereocenters. The van der Waals surface area contributed by atoms with E-state index in [4.69, 9.17) is 0 Å². The van der Waals surface area contributed by atoms with E-state index in [1.54, 1.807) is 12.1 Å². The molecule has 7 heteroatoms. The van der Waals surface area contributed by atoms with E-state index in [1.165, 1.54) is 66.7 Å². The summed E-state index contributed by atoms with van der Waals surface area (Å²) < 4.78 is 27.3. The van der Waals surface area contributed by atoms with Gasteiger partial charge in [0, 0.05) is 16.8 Å². The number of sulfonamides is 1. The van der Waals surface area contributed by atoms with E-state index in [0.29, 0.717) is 16.8 Å². The Morgan fingerprint density at radius 1 is 0.931 bits per heavy atom. The average Bonchev–Trinajstić information content (AvgIpc) is 2.69. The summed E-state index contributed by atoms with van der Waals surface area (Å²) in [5, 5.41) is 19.2. The lowest BCUT2D eigenvalue weighted by atomic mass is 10.1. The molecule has 0 heterocycles. The summed E-state index contributed by atoms with van der Waals surface area (Å²) in [6.45, 7) is 1.87. The van der Waals surface area contributed by atoms with Crippen molar-refractivity contribution in [3.05, 3.63) is 89.5 Å². The van der Waals surface area contributed by atoms with Crippen LogP contribution in [-0.2, 0) is 10.0 Å². The molecule has 0 fully saturated rings. The van der Waals surface area contributed by atoms with Gasteiger partial charge in [-0.1, -0.05) is 17.7 Å². The monoisotopic (exact) mass is 409 g/mol. The van der Waals surface area contributed by atoms with Crippen LogP contribution >= 0.6 is 0 Å². The SMILES string of the molecule is Cc1ccc(S(=O)(=O)Nc2ccc(C(=O)C=Cc3cc(O)ccc3O)cc2)cc1. The lowest BCUT2D eigenvalue weighted by Gasteiger charge is -2.08. The van der Waals surface area contributed by atoms with Crippen molar-refractivity contribution in [2.24, 2.45) is 0 Å². The molecule has 0 radical (unpaired) electrons. The molecule has 3 rings (SSSR count). The van der Waals surface area contributed by atoms with Gasteiger partial charge in [-0.2, -0.15) is 0 Å². The second-order valence-corrected chi connectivity index (χ2v) is 8.12. The Morgan fingerprint density at radius 3 is 2.24 bits per heavy atom. The topological polar surface area (TPSA) is 104 Å². The summed E-state index contributed by atoms with van der Waals surface area (Å²) in [5.41, 5.74) is 1.94. The first-order chi connectivity index (χ1) is 13.7. The number of hydrogen-bond donors (Lipinski definition) is 3. The predicted octanol–water partition coefficient (Wildman–Crippen LogP) is 4.10. The lowest BCUT2D eigenvalue weighted by Crippen LogP contribution is -2.13. The van der Waals surface area contributed by atoms with Crippen LogP contribution in [0.2, 0.25) is 0 Å². The zero-order valence-corrected chi connectivity index (χ0v) is 16.3. The van der Waals surface area contributed by atoms with Gasteiger partial charge in [-0.25, -0.2) is 8.42 Å². The molecule has 0 aromatic heterocycles. The third kappa shape index (κ3) is 5.03. The molecule has 0 saturated heterocycles. The van der Waals surface area contributed by atoms with Crippen LogP contribution in [-0.4, -0.2) is 24.4 Å². The number of rotatable bonds is 6. The van der Waals surface area contributed by atoms with Crippen molar-refractivity contribution in [1.82, 2.24) is 0 Å². The van der Waals surface area contributed by atoms with E-state index in [-0.39, 0.29) is 22.2 Å². The third-order valence-electron chi connectivity index (χ3n) is 4.18. The molecule has 29 heavy (non-hydrogen) atoms. The van der Waals surface area contributed by atoms with E-state index in [0.717, 1.165) is 5.56 Å². The van der Waals surface area contributed by atoms with Gasteiger partial charge in [-0.05, 0) is 73.7 Å². The first-order valence-electron chi connectivity index (χ1n) is 8.68. The zero-order chi connectivity index (χ0) is 21.0. The molecule has 0 bridgehead atoms. The summed E-state index contributed by atoms with van der Waals surface area (Å²) >= 11 is 0. The highest BCUT2D eigenvalue weighted by molar-refractivity contribution is 7.92. The van der Waals surface area contributed by atoms with E-state index < -0.39 is 10.0 Å². The Kier molecular flexibility index (Phi) is 5.70. The molecule has 3 N–H and O–H groups in total. The molecular weight excluding hydrogens is 390 g/mol. The number of aromatic hydroxyl groups is 2. The summed E-state index contributed by atoms with van der Waals surface area (Å²) in [4.78, 5) is 12.4. The molecule has 0 saturated carbocycles. The van der Waals surface area contributed by atoms with Gasteiger partial charge >= 0.3 is 0 Å². The maximum Gasteiger partial charge on any atom is 0.261 e. The van der Waals surface area contributed by atoms with Gasteiger partial charge in [0.15, 0.2) is 5.78 Å². The zero-order valence-electron chi connectivity index (χ0n) is 15.5. The van der Waals surface area contributed by atoms with Crippen LogP contribution in [0.4, 0.5) is 5.69 Å². The van der Waals surface area contributed by atoms with Gasteiger partial charge in [0.05, 0.1) is 4.90 Å². The van der Waals surface area contributed by atoms with Gasteiger partial charge in [-0.15, -0.1) is 0 Å². The normalized spacial score (nSPS) is 11.5. The molecule has 0 aliphatic heterocycles. The molecule has 0 aliphatic rings. The molecule has 0 amide bonds. The standard InChI is InChI=1S/C22H19NO5S/c1-15-2-10-20(11-3-15)29(27,28)23-18-7-4-16(5-8-18)21(25)12-6-17-14-19(24)9-13-22(17)26/h2-14,23-24,26H,1H3. The average molecular weight is 409 g/mol. The van der Waals surface area contributed by atoms with Crippen molar-refractivity contribution in [2.45, 2.75) is 11.8 Å². The van der Waals surface area contributed by atoms with Crippen LogP contribution in [0.15, 0.2) is 77.7 Å². The molecule has 148 valence electrons. The highest BCUT2D eigenvalue weighted by Crippen LogP contribution is 2.23. The Balaban J connectivity index is 1.72. The largest absolute Gasteiger partial charge is 0.508 e. The molecule has 0 aliphatic carbocycles. The Bertz CT molecular complexity index is 1160. The Hall–Kier alpha value is -3.58. The summed E-state index contributed by atoms with van der Waals surface area (Å²) in [7, 11) is -3.72. The number of nitrogens with one attached hydrogen (secondary N) is 1. The smallest absolute Gasteiger partial charge is 0.261 e. The number of carbonyl (C=O) groups excluding carboxylic acids is 1. The molecule has 0 spiro atoms. The van der Waals surface area contributed by atoms with Crippen LogP contribution in [0.1, 0.15) is 21.5 Å². The maximum atomic E-state index is 12.4. The molecule has 3 aromatic rings. The minimum atomic E-state index is -3.72. The summed E-state index contributed by atoms with van der Waals surface area (Å²) in [6, 6.07) is 16.5. The van der Waals surface area contributed by atoms with Crippen molar-refractivity contribution in [2.75, 3.05) is 4.72 Å². The fourth-order valence-corrected chi connectivity index (χ4v) is 3.63. The Morgan fingerprint density at radius 2 is 1.59 bits per heavy atom. The number of hydrogen-bond acceptors (Lipinski definition) is 5. The maximum absolute atomic E-state index is 12.4. The van der Waals surface area contributed by atoms with Crippen molar-refractivity contribution in [3.63, 3.8) is 0 Å². The number of ketones is 1. The van der Waals surface area contributed by atoms with Crippen molar-refractivity contribution < 1.29 is 23.4 Å². The van der Waals surface area contributed by atoms with Crippen LogP contribution in [0.5, 0.6) is 11.5 Å². The predicted molar refractivity (Wildman–Crippen MR) is 112 cm³/mol. The first-order valence-corrected chi connectivity index (χ1v) is 10.2. The minimum absolute atomic E-state index is 0.0277. The fraction of sp³-hybridized carbons (Fsp3) is 0.0455. The van der Waals surface area contributed by atoms with E-state index in [1.807, 2.05) is 6.92 Å². The lowest BCUT2D eigenvalue weighted by molar-refractivity contribution is 0.104. The van der Waals surface area contributed by atoms with Gasteiger partial charge in [-0.3, -0.25) is 9.52 Å². The summed E-state index contributed by atoms with van der Waals surface area (Å²) in [6.07, 6.45) is 2.66. The fourth-order valence-electron chi connectivity index (χ4n) is 2.57. The van der Waals surface area contributed by atoms with Gasteiger partial charge in [0.25, 0.3) is 10.0 Å². The van der Waals surface area contributed by atoms with Crippen molar-refractivity contribution >= 4 is 27.6 Å². The highest BCUT2D eigenvalue weighted by atomic mass is 32.2. The highest BCUT2D eigenvalue weighted by Gasteiger charge is 2.14. The second kappa shape index (κ2) is 8.20. The quantitative estimate of drug-likeness (QED) is 0.323. The number of anilines is 1. The van der Waals surface area contributed by atoms with Crippen LogP contribution < -0.4 is 4.72 Å². The Labute approximate surface area is 168 Å².